The molecule has 0 amide bonds. The predicted molar refractivity (Wildman–Crippen MR) is 288 cm³/mol. The number of ether oxygens (including phenoxy) is 3. The van der Waals surface area contributed by atoms with E-state index in [0.29, 0.717) is 19.3 Å². The number of unbranched alkanes of at least 4 members (excludes halogenated alkanes) is 31. The van der Waals surface area contributed by atoms with Crippen LogP contribution in [0.3, 0.4) is 0 Å². The normalized spacial score (nSPS) is 12.5. The molecular formula is C61H108O6. The summed E-state index contributed by atoms with van der Waals surface area (Å²) in [6.45, 7) is 6.51. The van der Waals surface area contributed by atoms with E-state index in [9.17, 15) is 14.4 Å². The van der Waals surface area contributed by atoms with Crippen LogP contribution >= 0.6 is 0 Å². The van der Waals surface area contributed by atoms with Gasteiger partial charge in [-0.1, -0.05) is 248 Å². The third-order valence-corrected chi connectivity index (χ3v) is 12.5. The second kappa shape index (κ2) is 55.7. The Balaban J connectivity index is 4.37. The van der Waals surface area contributed by atoms with Gasteiger partial charge in [-0.25, -0.2) is 0 Å². The number of carbonyl (C=O) groups is 3. The lowest BCUT2D eigenvalue weighted by atomic mass is 10.0. The summed E-state index contributed by atoms with van der Waals surface area (Å²) in [5.74, 6) is -0.917. The first kappa shape index (κ1) is 64.1. The van der Waals surface area contributed by atoms with Gasteiger partial charge in [0.25, 0.3) is 0 Å². The summed E-state index contributed by atoms with van der Waals surface area (Å²) in [5.41, 5.74) is 0. The summed E-state index contributed by atoms with van der Waals surface area (Å²) < 4.78 is 16.8. The van der Waals surface area contributed by atoms with Crippen molar-refractivity contribution in [2.75, 3.05) is 13.2 Å². The highest BCUT2D eigenvalue weighted by Crippen LogP contribution is 2.16. The van der Waals surface area contributed by atoms with Crippen molar-refractivity contribution >= 4 is 17.9 Å². The van der Waals surface area contributed by atoms with Crippen LogP contribution in [0.25, 0.3) is 0 Å². The van der Waals surface area contributed by atoms with Crippen molar-refractivity contribution < 1.29 is 28.6 Å². The fourth-order valence-corrected chi connectivity index (χ4v) is 8.19. The molecule has 6 heteroatoms. The van der Waals surface area contributed by atoms with Crippen molar-refractivity contribution in [3.05, 3.63) is 60.8 Å². The molecule has 0 saturated carbocycles. The Bertz CT molecular complexity index is 1210. The Labute approximate surface area is 415 Å². The summed E-state index contributed by atoms with van der Waals surface area (Å²) in [6.07, 6.45) is 69.3. The fourth-order valence-electron chi connectivity index (χ4n) is 8.19. The van der Waals surface area contributed by atoms with Crippen molar-refractivity contribution in [1.29, 1.82) is 0 Å². The first-order chi connectivity index (χ1) is 33.0. The lowest BCUT2D eigenvalue weighted by Crippen LogP contribution is -2.30. The molecule has 0 aliphatic carbocycles. The molecule has 0 unspecified atom stereocenters. The summed E-state index contributed by atoms with van der Waals surface area (Å²) in [4.78, 5) is 38.1. The van der Waals surface area contributed by atoms with Gasteiger partial charge in [0.2, 0.25) is 0 Å². The Morgan fingerprint density at radius 2 is 0.582 bits per heavy atom. The zero-order valence-electron chi connectivity index (χ0n) is 44.4. The van der Waals surface area contributed by atoms with Gasteiger partial charge in [-0.3, -0.25) is 14.4 Å². The van der Waals surface area contributed by atoms with Crippen molar-refractivity contribution in [2.45, 2.75) is 297 Å². The molecule has 0 rings (SSSR count). The molecule has 0 aliphatic rings. The van der Waals surface area contributed by atoms with Crippen LogP contribution in [0.1, 0.15) is 290 Å². The second-order valence-electron chi connectivity index (χ2n) is 19.2. The molecule has 0 saturated heterocycles. The molecule has 0 aromatic carbocycles. The number of hydrogen-bond acceptors (Lipinski definition) is 6. The van der Waals surface area contributed by atoms with Gasteiger partial charge in [0.05, 0.1) is 0 Å². The topological polar surface area (TPSA) is 78.9 Å². The average Bonchev–Trinajstić information content (AvgIpc) is 3.33. The van der Waals surface area contributed by atoms with E-state index in [-0.39, 0.29) is 31.1 Å². The molecule has 388 valence electrons. The molecule has 0 fully saturated rings. The number of rotatable bonds is 52. The van der Waals surface area contributed by atoms with E-state index >= 15 is 0 Å². The molecule has 0 bridgehead atoms. The Morgan fingerprint density at radius 1 is 0.313 bits per heavy atom. The number of allylic oxidation sites excluding steroid dienone is 10. The van der Waals surface area contributed by atoms with Gasteiger partial charge in [-0.2, -0.15) is 0 Å². The molecule has 0 spiro atoms. The van der Waals surface area contributed by atoms with E-state index in [1.165, 1.54) is 167 Å². The molecule has 67 heavy (non-hydrogen) atoms. The van der Waals surface area contributed by atoms with Gasteiger partial charge < -0.3 is 14.2 Å². The molecule has 0 aliphatic heterocycles. The van der Waals surface area contributed by atoms with Crippen molar-refractivity contribution in [1.82, 2.24) is 0 Å². The largest absolute Gasteiger partial charge is 0.462 e. The lowest BCUT2D eigenvalue weighted by molar-refractivity contribution is -0.167. The van der Waals surface area contributed by atoms with E-state index in [1.807, 2.05) is 0 Å². The summed E-state index contributed by atoms with van der Waals surface area (Å²) in [5, 5.41) is 0. The van der Waals surface area contributed by atoms with Gasteiger partial charge in [-0.15, -0.1) is 0 Å². The molecule has 0 radical (unpaired) electrons. The van der Waals surface area contributed by atoms with E-state index in [2.05, 4.69) is 81.5 Å². The Morgan fingerprint density at radius 3 is 0.955 bits per heavy atom. The molecule has 0 N–H and O–H groups in total. The third-order valence-electron chi connectivity index (χ3n) is 12.5. The minimum absolute atomic E-state index is 0.0848. The predicted octanol–water partition coefficient (Wildman–Crippen LogP) is 19.2. The molecule has 0 heterocycles. The van der Waals surface area contributed by atoms with Gasteiger partial charge in [-0.05, 0) is 83.5 Å². The van der Waals surface area contributed by atoms with E-state index in [1.54, 1.807) is 0 Å². The highest BCUT2D eigenvalue weighted by Gasteiger charge is 2.19. The van der Waals surface area contributed by atoms with E-state index in [4.69, 9.17) is 14.2 Å². The van der Waals surface area contributed by atoms with Crippen molar-refractivity contribution in [2.24, 2.45) is 0 Å². The molecular weight excluding hydrogens is 829 g/mol. The van der Waals surface area contributed by atoms with Crippen LogP contribution in [0.15, 0.2) is 60.8 Å². The maximum Gasteiger partial charge on any atom is 0.306 e. The minimum Gasteiger partial charge on any atom is -0.462 e. The number of carbonyl (C=O) groups excluding carboxylic acids is 3. The van der Waals surface area contributed by atoms with Gasteiger partial charge >= 0.3 is 17.9 Å². The average molecular weight is 938 g/mol. The third kappa shape index (κ3) is 53.9. The molecule has 1 atom stereocenters. The molecule has 0 aromatic rings. The fraction of sp³-hybridized carbons (Fsp3) is 0.787. The first-order valence-corrected chi connectivity index (χ1v) is 28.8. The van der Waals surface area contributed by atoms with Crippen LogP contribution in [-0.2, 0) is 28.6 Å². The number of esters is 3. The van der Waals surface area contributed by atoms with E-state index in [0.717, 1.165) is 83.5 Å². The van der Waals surface area contributed by atoms with Gasteiger partial charge in [0.1, 0.15) is 13.2 Å². The Kier molecular flexibility index (Phi) is 53.3. The molecule has 0 aromatic heterocycles. The number of hydrogen-bond donors (Lipinski definition) is 0. The lowest BCUT2D eigenvalue weighted by Gasteiger charge is -2.18. The van der Waals surface area contributed by atoms with Gasteiger partial charge in [0, 0.05) is 19.3 Å². The van der Waals surface area contributed by atoms with Crippen LogP contribution < -0.4 is 0 Å². The standard InChI is InChI=1S/C61H108O6/c1-4-7-10-13-16-19-22-25-27-28-29-30-31-32-34-37-40-43-46-49-52-55-61(64)67-58(56-65-59(62)53-50-47-44-41-38-35-24-21-18-15-12-9-6-3)57-66-60(63)54-51-48-45-42-39-36-33-26-23-20-17-14-11-8-5-2/h8,11,17,20,25-27,33,39,42,58H,4-7,9-10,12-16,18-19,21-24,28-32,34-38,40-41,43-57H2,1-3H3/b11-8-,20-17-,27-25-,33-26-,42-39-/t58-/m0/s1. The van der Waals surface area contributed by atoms with Crippen LogP contribution in [0.5, 0.6) is 0 Å². The maximum absolute atomic E-state index is 12.9. The highest BCUT2D eigenvalue weighted by atomic mass is 16.6. The summed E-state index contributed by atoms with van der Waals surface area (Å²) >= 11 is 0. The molecule has 6 nitrogen and oxygen atoms in total. The van der Waals surface area contributed by atoms with Crippen LogP contribution in [0.4, 0.5) is 0 Å². The smallest absolute Gasteiger partial charge is 0.306 e. The van der Waals surface area contributed by atoms with Crippen molar-refractivity contribution in [3.63, 3.8) is 0 Å². The maximum atomic E-state index is 12.9. The monoisotopic (exact) mass is 937 g/mol. The zero-order valence-corrected chi connectivity index (χ0v) is 44.4. The summed E-state index contributed by atoms with van der Waals surface area (Å²) in [6, 6.07) is 0. The summed E-state index contributed by atoms with van der Waals surface area (Å²) in [7, 11) is 0. The van der Waals surface area contributed by atoms with Crippen LogP contribution in [0, 0.1) is 0 Å². The van der Waals surface area contributed by atoms with Gasteiger partial charge in [0.15, 0.2) is 6.10 Å². The highest BCUT2D eigenvalue weighted by molar-refractivity contribution is 5.71. The van der Waals surface area contributed by atoms with E-state index < -0.39 is 6.10 Å². The quantitative estimate of drug-likeness (QED) is 0.0262. The zero-order chi connectivity index (χ0) is 48.6. The van der Waals surface area contributed by atoms with Crippen LogP contribution in [-0.4, -0.2) is 37.2 Å². The van der Waals surface area contributed by atoms with Crippen LogP contribution in [0.2, 0.25) is 0 Å². The van der Waals surface area contributed by atoms with Crippen molar-refractivity contribution in [3.8, 4) is 0 Å². The second-order valence-corrected chi connectivity index (χ2v) is 19.2. The first-order valence-electron chi connectivity index (χ1n) is 28.8. The minimum atomic E-state index is -0.789. The Hall–Kier alpha value is -2.89. The SMILES string of the molecule is CC/C=C\C/C=C\C/C=C\C/C=C\CCCCC(=O)OC[C@H](COC(=O)CCCCCCCCCCCCCCC)OC(=O)CCCCCCCCCCCCC/C=C\CCCCCCCC.